The zero-order valence-electron chi connectivity index (χ0n) is 12.8. The maximum absolute atomic E-state index is 5.97. The Balaban J connectivity index is 2.14. The lowest BCUT2D eigenvalue weighted by molar-refractivity contribution is 0.242. The number of nitrogens with two attached hydrogens (primary N) is 1. The van der Waals surface area contributed by atoms with E-state index in [0.717, 1.165) is 5.75 Å². The van der Waals surface area contributed by atoms with Crippen LogP contribution in [0.4, 0.5) is 0 Å². The lowest BCUT2D eigenvalue weighted by Crippen LogP contribution is -2.16. The molecule has 2 rings (SSSR count). The SMILES string of the molecule is CC(C)Oc1cccc(/C=C(/CN)C2CCCCC2)c1. The van der Waals surface area contributed by atoms with E-state index in [1.807, 2.05) is 6.07 Å². The van der Waals surface area contributed by atoms with Crippen LogP contribution >= 0.6 is 0 Å². The van der Waals surface area contributed by atoms with Crippen molar-refractivity contribution < 1.29 is 4.74 Å². The summed E-state index contributed by atoms with van der Waals surface area (Å²) < 4.78 is 5.76. The van der Waals surface area contributed by atoms with Gasteiger partial charge in [-0.2, -0.15) is 0 Å². The molecule has 0 heterocycles. The van der Waals surface area contributed by atoms with E-state index >= 15 is 0 Å². The highest BCUT2D eigenvalue weighted by Gasteiger charge is 2.16. The molecule has 0 atom stereocenters. The molecule has 0 aromatic heterocycles. The van der Waals surface area contributed by atoms with E-state index in [0.29, 0.717) is 12.5 Å². The second-order valence-corrected chi connectivity index (χ2v) is 6.00. The van der Waals surface area contributed by atoms with Gasteiger partial charge >= 0.3 is 0 Å². The Labute approximate surface area is 123 Å². The fourth-order valence-electron chi connectivity index (χ4n) is 2.98. The topological polar surface area (TPSA) is 35.2 Å². The summed E-state index contributed by atoms with van der Waals surface area (Å²) in [4.78, 5) is 0. The van der Waals surface area contributed by atoms with E-state index in [1.165, 1.54) is 43.2 Å². The number of benzene rings is 1. The van der Waals surface area contributed by atoms with Gasteiger partial charge in [0.1, 0.15) is 5.75 Å². The van der Waals surface area contributed by atoms with Gasteiger partial charge in [-0.1, -0.05) is 43.0 Å². The number of hydrogen-bond acceptors (Lipinski definition) is 2. The summed E-state index contributed by atoms with van der Waals surface area (Å²) in [6, 6.07) is 8.31. The van der Waals surface area contributed by atoms with E-state index in [1.54, 1.807) is 0 Å². The molecule has 110 valence electrons. The fourth-order valence-corrected chi connectivity index (χ4v) is 2.98. The Morgan fingerprint density at radius 2 is 2.05 bits per heavy atom. The zero-order chi connectivity index (χ0) is 14.4. The highest BCUT2D eigenvalue weighted by Crippen LogP contribution is 2.30. The van der Waals surface area contributed by atoms with Gasteiger partial charge in [0.2, 0.25) is 0 Å². The van der Waals surface area contributed by atoms with Gasteiger partial charge in [0.25, 0.3) is 0 Å². The smallest absolute Gasteiger partial charge is 0.120 e. The molecule has 1 fully saturated rings. The average Bonchev–Trinajstić information content (AvgIpc) is 2.45. The van der Waals surface area contributed by atoms with Gasteiger partial charge in [0.15, 0.2) is 0 Å². The van der Waals surface area contributed by atoms with Crippen molar-refractivity contribution in [2.75, 3.05) is 6.54 Å². The van der Waals surface area contributed by atoms with Crippen LogP contribution in [0.1, 0.15) is 51.5 Å². The maximum Gasteiger partial charge on any atom is 0.120 e. The maximum atomic E-state index is 5.97. The lowest BCUT2D eigenvalue weighted by atomic mass is 9.83. The lowest BCUT2D eigenvalue weighted by Gasteiger charge is -2.24. The Morgan fingerprint density at radius 1 is 1.30 bits per heavy atom. The largest absolute Gasteiger partial charge is 0.491 e. The average molecular weight is 273 g/mol. The number of rotatable bonds is 5. The second-order valence-electron chi connectivity index (χ2n) is 6.00. The molecule has 0 unspecified atom stereocenters. The first-order chi connectivity index (χ1) is 9.69. The van der Waals surface area contributed by atoms with Crippen LogP contribution in [0.5, 0.6) is 5.75 Å². The molecule has 0 saturated heterocycles. The standard InChI is InChI=1S/C18H27NO/c1-14(2)20-18-10-6-7-15(12-18)11-17(13-19)16-8-4-3-5-9-16/h6-7,10-12,14,16H,3-5,8-9,13,19H2,1-2H3/b17-11-. The van der Waals surface area contributed by atoms with Crippen LogP contribution in [0.3, 0.4) is 0 Å². The molecular formula is C18H27NO. The van der Waals surface area contributed by atoms with Gasteiger partial charge in [-0.05, 0) is 50.3 Å². The summed E-state index contributed by atoms with van der Waals surface area (Å²) in [5, 5.41) is 0. The molecular weight excluding hydrogens is 246 g/mol. The second kappa shape index (κ2) is 7.49. The van der Waals surface area contributed by atoms with Gasteiger partial charge in [-0.15, -0.1) is 0 Å². The molecule has 0 bridgehead atoms. The van der Waals surface area contributed by atoms with E-state index in [2.05, 4.69) is 38.1 Å². The molecule has 0 spiro atoms. The first kappa shape index (κ1) is 15.1. The summed E-state index contributed by atoms with van der Waals surface area (Å²) in [6.45, 7) is 4.77. The minimum absolute atomic E-state index is 0.210. The van der Waals surface area contributed by atoms with Crippen molar-refractivity contribution in [2.24, 2.45) is 11.7 Å². The van der Waals surface area contributed by atoms with Crippen molar-refractivity contribution in [3.05, 3.63) is 35.4 Å². The van der Waals surface area contributed by atoms with Crippen molar-refractivity contribution in [3.63, 3.8) is 0 Å². The van der Waals surface area contributed by atoms with Crippen molar-refractivity contribution in [3.8, 4) is 5.75 Å². The van der Waals surface area contributed by atoms with E-state index in [-0.39, 0.29) is 6.10 Å². The molecule has 1 aromatic carbocycles. The minimum Gasteiger partial charge on any atom is -0.491 e. The zero-order valence-corrected chi connectivity index (χ0v) is 12.8. The van der Waals surface area contributed by atoms with Crippen LogP contribution < -0.4 is 10.5 Å². The minimum atomic E-state index is 0.210. The molecule has 1 aromatic rings. The van der Waals surface area contributed by atoms with Gasteiger partial charge in [0, 0.05) is 6.54 Å². The first-order valence-corrected chi connectivity index (χ1v) is 7.86. The van der Waals surface area contributed by atoms with Crippen molar-refractivity contribution >= 4 is 6.08 Å². The molecule has 1 aliphatic carbocycles. The van der Waals surface area contributed by atoms with Crippen LogP contribution in [0.2, 0.25) is 0 Å². The predicted molar refractivity (Wildman–Crippen MR) is 85.8 cm³/mol. The Kier molecular flexibility index (Phi) is 5.66. The number of ether oxygens (including phenoxy) is 1. The quantitative estimate of drug-likeness (QED) is 0.863. The molecule has 0 aliphatic heterocycles. The van der Waals surface area contributed by atoms with Crippen LogP contribution in [-0.4, -0.2) is 12.6 Å². The monoisotopic (exact) mass is 273 g/mol. The molecule has 1 saturated carbocycles. The summed E-state index contributed by atoms with van der Waals surface area (Å²) in [5.74, 6) is 1.62. The van der Waals surface area contributed by atoms with E-state index in [9.17, 15) is 0 Å². The molecule has 2 nitrogen and oxygen atoms in total. The molecule has 20 heavy (non-hydrogen) atoms. The van der Waals surface area contributed by atoms with Gasteiger partial charge in [0.05, 0.1) is 6.10 Å². The van der Waals surface area contributed by atoms with E-state index in [4.69, 9.17) is 10.5 Å². The third-order valence-corrected chi connectivity index (χ3v) is 3.95. The molecule has 0 radical (unpaired) electrons. The van der Waals surface area contributed by atoms with Gasteiger partial charge in [-0.25, -0.2) is 0 Å². The van der Waals surface area contributed by atoms with Crippen molar-refractivity contribution in [1.29, 1.82) is 0 Å². The van der Waals surface area contributed by atoms with E-state index < -0.39 is 0 Å². The van der Waals surface area contributed by atoms with Gasteiger partial charge < -0.3 is 10.5 Å². The van der Waals surface area contributed by atoms with Crippen LogP contribution in [0.15, 0.2) is 29.8 Å². The normalized spacial score (nSPS) is 17.5. The summed E-state index contributed by atoms with van der Waals surface area (Å²) in [5.41, 5.74) is 8.57. The van der Waals surface area contributed by atoms with Crippen molar-refractivity contribution in [2.45, 2.75) is 52.1 Å². The fraction of sp³-hybridized carbons (Fsp3) is 0.556. The molecule has 2 N–H and O–H groups in total. The van der Waals surface area contributed by atoms with Gasteiger partial charge in [-0.3, -0.25) is 0 Å². The van der Waals surface area contributed by atoms with Crippen LogP contribution in [0.25, 0.3) is 6.08 Å². The molecule has 0 amide bonds. The molecule has 1 aliphatic rings. The Hall–Kier alpha value is -1.28. The van der Waals surface area contributed by atoms with Crippen molar-refractivity contribution in [1.82, 2.24) is 0 Å². The predicted octanol–water partition coefficient (Wildman–Crippen LogP) is 4.40. The third-order valence-electron chi connectivity index (χ3n) is 3.95. The van der Waals surface area contributed by atoms with Crippen LogP contribution in [-0.2, 0) is 0 Å². The first-order valence-electron chi connectivity index (χ1n) is 7.86. The van der Waals surface area contributed by atoms with Crippen LogP contribution in [0, 0.1) is 5.92 Å². The summed E-state index contributed by atoms with van der Waals surface area (Å²) >= 11 is 0. The Morgan fingerprint density at radius 3 is 2.70 bits per heavy atom. The highest BCUT2D eigenvalue weighted by molar-refractivity contribution is 5.55. The summed E-state index contributed by atoms with van der Waals surface area (Å²) in [6.07, 6.45) is 9.14. The third kappa shape index (κ3) is 4.38. The number of hydrogen-bond donors (Lipinski definition) is 1. The highest BCUT2D eigenvalue weighted by atomic mass is 16.5. The molecule has 2 heteroatoms. The Bertz CT molecular complexity index is 444. The summed E-state index contributed by atoms with van der Waals surface area (Å²) in [7, 11) is 0.